The zero-order valence-electron chi connectivity index (χ0n) is 21.3. The first-order valence-corrected chi connectivity index (χ1v) is 12.4. The van der Waals surface area contributed by atoms with Gasteiger partial charge in [0.2, 0.25) is 0 Å². The molecule has 4 aromatic carbocycles. The summed E-state index contributed by atoms with van der Waals surface area (Å²) in [4.78, 5) is 0. The van der Waals surface area contributed by atoms with Crippen molar-refractivity contribution in [2.75, 3.05) is 0 Å². The monoisotopic (exact) mass is 445 g/mol. The Balaban J connectivity index is 1.91. The Labute approximate surface area is 204 Å². The molecule has 0 radical (unpaired) electrons. The van der Waals surface area contributed by atoms with Crippen LogP contribution in [-0.4, -0.2) is 4.57 Å². The molecule has 0 amide bonds. The van der Waals surface area contributed by atoms with E-state index in [0.29, 0.717) is 0 Å². The maximum atomic E-state index is 2.54. The van der Waals surface area contributed by atoms with Crippen LogP contribution in [0.2, 0.25) is 0 Å². The maximum absolute atomic E-state index is 2.54. The van der Waals surface area contributed by atoms with E-state index >= 15 is 0 Å². The van der Waals surface area contributed by atoms with Crippen LogP contribution in [0.4, 0.5) is 0 Å². The molecule has 0 N–H and O–H groups in total. The fourth-order valence-corrected chi connectivity index (χ4v) is 5.44. The van der Waals surface area contributed by atoms with Crippen molar-refractivity contribution in [1.29, 1.82) is 0 Å². The third-order valence-corrected chi connectivity index (χ3v) is 6.86. The molecular formula is C33H35N. The number of hydrogen-bond acceptors (Lipinski definition) is 0. The van der Waals surface area contributed by atoms with Crippen molar-refractivity contribution >= 4 is 21.8 Å². The van der Waals surface area contributed by atoms with Gasteiger partial charge in [0, 0.05) is 10.8 Å². The van der Waals surface area contributed by atoms with Crippen LogP contribution >= 0.6 is 0 Å². The molecule has 5 aromatic rings. The van der Waals surface area contributed by atoms with Gasteiger partial charge in [0.15, 0.2) is 0 Å². The van der Waals surface area contributed by atoms with E-state index in [0.717, 1.165) is 6.42 Å². The molecule has 0 fully saturated rings. The van der Waals surface area contributed by atoms with Crippen LogP contribution in [0.5, 0.6) is 0 Å². The lowest BCUT2D eigenvalue weighted by atomic mass is 9.74. The zero-order chi connectivity index (χ0) is 24.1. The Kier molecular flexibility index (Phi) is 5.40. The molecule has 0 saturated carbocycles. The number of benzene rings is 4. The van der Waals surface area contributed by atoms with Gasteiger partial charge in [-0.05, 0) is 51.6 Å². The number of para-hydroxylation sites is 2. The summed E-state index contributed by atoms with van der Waals surface area (Å²) >= 11 is 0. The Morgan fingerprint density at radius 1 is 0.588 bits per heavy atom. The topological polar surface area (TPSA) is 4.93 Å². The average Bonchev–Trinajstić information content (AvgIpc) is 3.14. The van der Waals surface area contributed by atoms with Gasteiger partial charge in [0.25, 0.3) is 0 Å². The van der Waals surface area contributed by atoms with Gasteiger partial charge < -0.3 is 4.57 Å². The molecule has 0 saturated heterocycles. The van der Waals surface area contributed by atoms with E-state index in [1.807, 2.05) is 0 Å². The molecule has 5 rings (SSSR count). The molecule has 1 nitrogen and oxygen atoms in total. The molecule has 0 atom stereocenters. The SMILES string of the molecule is CC(C)(C)c1cccc(-n2c3ccccc3c3cccc(Cc4ccccc4)c32)c1C(C)(C)C. The maximum Gasteiger partial charge on any atom is 0.0576 e. The summed E-state index contributed by atoms with van der Waals surface area (Å²) in [6.07, 6.45) is 0.915. The fourth-order valence-electron chi connectivity index (χ4n) is 5.44. The molecule has 0 bridgehead atoms. The van der Waals surface area contributed by atoms with Crippen LogP contribution in [0.3, 0.4) is 0 Å². The van der Waals surface area contributed by atoms with E-state index in [1.54, 1.807) is 0 Å². The summed E-state index contributed by atoms with van der Waals surface area (Å²) in [6, 6.07) is 33.4. The van der Waals surface area contributed by atoms with E-state index in [1.165, 1.54) is 49.7 Å². The zero-order valence-corrected chi connectivity index (χ0v) is 21.3. The summed E-state index contributed by atoms with van der Waals surface area (Å²) in [6.45, 7) is 14.0. The number of nitrogens with zero attached hydrogens (tertiary/aromatic N) is 1. The predicted octanol–water partition coefficient (Wildman–Crippen LogP) is 8.97. The third-order valence-electron chi connectivity index (χ3n) is 6.86. The highest BCUT2D eigenvalue weighted by atomic mass is 15.0. The normalized spacial score (nSPS) is 12.5. The molecule has 0 aliphatic heterocycles. The van der Waals surface area contributed by atoms with E-state index in [4.69, 9.17) is 0 Å². The molecule has 172 valence electrons. The van der Waals surface area contributed by atoms with Crippen LogP contribution in [0.1, 0.15) is 63.8 Å². The lowest BCUT2D eigenvalue weighted by Crippen LogP contribution is -2.24. The Hall–Kier alpha value is -3.32. The van der Waals surface area contributed by atoms with E-state index in [-0.39, 0.29) is 10.8 Å². The lowest BCUT2D eigenvalue weighted by Gasteiger charge is -2.33. The van der Waals surface area contributed by atoms with E-state index < -0.39 is 0 Å². The van der Waals surface area contributed by atoms with Crippen molar-refractivity contribution in [2.24, 2.45) is 0 Å². The first kappa shape index (κ1) is 22.5. The minimum Gasteiger partial charge on any atom is -0.309 e. The van der Waals surface area contributed by atoms with Crippen LogP contribution in [0.15, 0.2) is 91.0 Å². The van der Waals surface area contributed by atoms with Gasteiger partial charge in [-0.15, -0.1) is 0 Å². The van der Waals surface area contributed by atoms with Gasteiger partial charge in [-0.3, -0.25) is 0 Å². The number of rotatable bonds is 3. The van der Waals surface area contributed by atoms with Gasteiger partial charge >= 0.3 is 0 Å². The third kappa shape index (κ3) is 3.84. The largest absolute Gasteiger partial charge is 0.309 e. The minimum absolute atomic E-state index is 0.00524. The lowest BCUT2D eigenvalue weighted by molar-refractivity contribution is 0.528. The summed E-state index contributed by atoms with van der Waals surface area (Å²) in [5.41, 5.74) is 9.51. The summed E-state index contributed by atoms with van der Waals surface area (Å²) in [7, 11) is 0. The van der Waals surface area contributed by atoms with E-state index in [9.17, 15) is 0 Å². The molecule has 0 aliphatic rings. The Morgan fingerprint density at radius 2 is 1.24 bits per heavy atom. The van der Waals surface area contributed by atoms with Crippen LogP contribution in [0.25, 0.3) is 27.5 Å². The number of fused-ring (bicyclic) bond motifs is 3. The van der Waals surface area contributed by atoms with Crippen molar-refractivity contribution in [2.45, 2.75) is 58.8 Å². The second-order valence-corrected chi connectivity index (χ2v) is 11.5. The van der Waals surface area contributed by atoms with Crippen molar-refractivity contribution in [3.05, 3.63) is 113 Å². The van der Waals surface area contributed by atoms with Crippen molar-refractivity contribution in [3.63, 3.8) is 0 Å². The highest BCUT2D eigenvalue weighted by molar-refractivity contribution is 6.10. The van der Waals surface area contributed by atoms with Crippen LogP contribution in [0, 0.1) is 0 Å². The fraction of sp³-hybridized carbons (Fsp3) is 0.273. The molecule has 0 aliphatic carbocycles. The number of hydrogen-bond donors (Lipinski definition) is 0. The molecule has 0 unspecified atom stereocenters. The second kappa shape index (κ2) is 8.17. The van der Waals surface area contributed by atoms with Crippen LogP contribution < -0.4 is 0 Å². The van der Waals surface area contributed by atoms with Gasteiger partial charge in [0.1, 0.15) is 0 Å². The second-order valence-electron chi connectivity index (χ2n) is 11.5. The van der Waals surface area contributed by atoms with Gasteiger partial charge in [-0.2, -0.15) is 0 Å². The Bertz CT molecular complexity index is 1470. The van der Waals surface area contributed by atoms with E-state index in [2.05, 4.69) is 137 Å². The highest BCUT2D eigenvalue weighted by Gasteiger charge is 2.29. The quantitative estimate of drug-likeness (QED) is 0.261. The first-order chi connectivity index (χ1) is 16.2. The smallest absolute Gasteiger partial charge is 0.0576 e. The first-order valence-electron chi connectivity index (χ1n) is 12.4. The summed E-state index contributed by atoms with van der Waals surface area (Å²) < 4.78 is 2.54. The van der Waals surface area contributed by atoms with Gasteiger partial charge in [-0.1, -0.05) is 120 Å². The molecule has 34 heavy (non-hydrogen) atoms. The summed E-state index contributed by atoms with van der Waals surface area (Å²) in [5.74, 6) is 0. The van der Waals surface area contributed by atoms with Crippen molar-refractivity contribution in [1.82, 2.24) is 4.57 Å². The highest BCUT2D eigenvalue weighted by Crippen LogP contribution is 2.42. The molecule has 1 heteroatoms. The standard InChI is InChI=1S/C33H35N/c1-32(2,3)27-19-13-21-29(30(27)33(4,5)6)34-28-20-11-10-17-25(28)26-18-12-16-24(31(26)34)22-23-14-8-7-9-15-23/h7-21H,22H2,1-6H3. The molecule has 1 aromatic heterocycles. The predicted molar refractivity (Wildman–Crippen MR) is 147 cm³/mol. The summed E-state index contributed by atoms with van der Waals surface area (Å²) in [5, 5.41) is 2.64. The number of aromatic nitrogens is 1. The van der Waals surface area contributed by atoms with Crippen molar-refractivity contribution < 1.29 is 0 Å². The van der Waals surface area contributed by atoms with Crippen molar-refractivity contribution in [3.8, 4) is 5.69 Å². The Morgan fingerprint density at radius 3 is 1.94 bits per heavy atom. The van der Waals surface area contributed by atoms with Gasteiger partial charge in [-0.25, -0.2) is 0 Å². The van der Waals surface area contributed by atoms with Crippen LogP contribution in [-0.2, 0) is 17.3 Å². The minimum atomic E-state index is 0.00524. The van der Waals surface area contributed by atoms with Gasteiger partial charge in [0.05, 0.1) is 16.7 Å². The molecule has 0 spiro atoms. The molecular weight excluding hydrogens is 410 g/mol. The average molecular weight is 446 g/mol. The molecule has 1 heterocycles.